The molecule has 128 valence electrons. The molecule has 0 bridgehead atoms. The molecule has 0 aromatic carbocycles. The minimum atomic E-state index is -0.451. The predicted octanol–water partition coefficient (Wildman–Crippen LogP) is 1.61. The molecule has 1 unspecified atom stereocenters. The standard InChI is InChI=1S/C14H23N5O4/c1-4-11-12(19(21)22)13(17(3)16-11)18-8-6-7-10(9-18)15-14(20)23-5-2/h10H,4-9H2,1-3H3,(H,15,20). The molecule has 2 heterocycles. The maximum Gasteiger partial charge on any atom is 0.407 e. The van der Waals surface area contributed by atoms with Gasteiger partial charge < -0.3 is 15.0 Å². The molecule has 0 saturated carbocycles. The summed E-state index contributed by atoms with van der Waals surface area (Å²) in [6.45, 7) is 5.11. The number of ether oxygens (including phenoxy) is 1. The van der Waals surface area contributed by atoms with Crippen LogP contribution in [0.25, 0.3) is 0 Å². The van der Waals surface area contributed by atoms with E-state index in [0.29, 0.717) is 37.6 Å². The average molecular weight is 325 g/mol. The fraction of sp³-hybridized carbons (Fsp3) is 0.714. The van der Waals surface area contributed by atoms with E-state index in [1.54, 1.807) is 18.7 Å². The third-order valence-electron chi connectivity index (χ3n) is 3.90. The summed E-state index contributed by atoms with van der Waals surface area (Å²) in [7, 11) is 1.71. The summed E-state index contributed by atoms with van der Waals surface area (Å²) in [5.41, 5.74) is 0.541. The van der Waals surface area contributed by atoms with Crippen molar-refractivity contribution in [3.63, 3.8) is 0 Å². The second-order valence-corrected chi connectivity index (χ2v) is 5.50. The maximum atomic E-state index is 11.6. The summed E-state index contributed by atoms with van der Waals surface area (Å²) < 4.78 is 6.46. The number of anilines is 1. The van der Waals surface area contributed by atoms with Gasteiger partial charge in [-0.15, -0.1) is 0 Å². The van der Waals surface area contributed by atoms with Gasteiger partial charge in [0, 0.05) is 26.2 Å². The fourth-order valence-corrected chi connectivity index (χ4v) is 2.96. The number of hydrogen-bond donors (Lipinski definition) is 1. The number of carbonyl (C=O) groups excluding carboxylic acids is 1. The van der Waals surface area contributed by atoms with Crippen molar-refractivity contribution in [2.24, 2.45) is 7.05 Å². The molecule has 1 aliphatic rings. The fourth-order valence-electron chi connectivity index (χ4n) is 2.96. The topological polar surface area (TPSA) is 103 Å². The third-order valence-corrected chi connectivity index (χ3v) is 3.90. The Kier molecular flexibility index (Phi) is 5.41. The van der Waals surface area contributed by atoms with Gasteiger partial charge in [0.25, 0.3) is 0 Å². The zero-order chi connectivity index (χ0) is 17.0. The zero-order valence-electron chi connectivity index (χ0n) is 13.7. The molecule has 1 saturated heterocycles. The molecule has 1 fully saturated rings. The van der Waals surface area contributed by atoms with Crippen molar-refractivity contribution in [2.75, 3.05) is 24.6 Å². The molecule has 1 aromatic rings. The Bertz CT molecular complexity index is 586. The van der Waals surface area contributed by atoms with Crippen molar-refractivity contribution in [1.29, 1.82) is 0 Å². The van der Waals surface area contributed by atoms with E-state index in [9.17, 15) is 14.9 Å². The number of nitro groups is 1. The SMILES string of the molecule is CCOC(=O)NC1CCCN(c2c([N+](=O)[O-])c(CC)nn2C)C1. The molecular formula is C14H23N5O4. The van der Waals surface area contributed by atoms with Crippen LogP contribution in [0.5, 0.6) is 0 Å². The molecule has 1 atom stereocenters. The molecule has 23 heavy (non-hydrogen) atoms. The van der Waals surface area contributed by atoms with Crippen molar-refractivity contribution in [2.45, 2.75) is 39.2 Å². The highest BCUT2D eigenvalue weighted by Crippen LogP contribution is 2.33. The van der Waals surface area contributed by atoms with Gasteiger partial charge in [-0.2, -0.15) is 5.10 Å². The Morgan fingerprint density at radius 3 is 2.87 bits per heavy atom. The summed E-state index contributed by atoms with van der Waals surface area (Å²) in [5.74, 6) is 0.502. The highest BCUT2D eigenvalue weighted by atomic mass is 16.6. The van der Waals surface area contributed by atoms with Gasteiger partial charge in [-0.3, -0.25) is 10.1 Å². The Morgan fingerprint density at radius 1 is 1.52 bits per heavy atom. The first kappa shape index (κ1) is 17.0. The second-order valence-electron chi connectivity index (χ2n) is 5.50. The molecule has 0 radical (unpaired) electrons. The van der Waals surface area contributed by atoms with Crippen LogP contribution in [0.4, 0.5) is 16.3 Å². The highest BCUT2D eigenvalue weighted by Gasteiger charge is 2.32. The van der Waals surface area contributed by atoms with E-state index >= 15 is 0 Å². The molecule has 2 rings (SSSR count). The van der Waals surface area contributed by atoms with Gasteiger partial charge in [0.05, 0.1) is 11.5 Å². The molecule has 9 nitrogen and oxygen atoms in total. The van der Waals surface area contributed by atoms with E-state index in [2.05, 4.69) is 10.4 Å². The van der Waals surface area contributed by atoms with E-state index in [4.69, 9.17) is 4.74 Å². The van der Waals surface area contributed by atoms with Gasteiger partial charge in [0.1, 0.15) is 5.69 Å². The normalized spacial score (nSPS) is 17.9. The van der Waals surface area contributed by atoms with Crippen molar-refractivity contribution in [3.8, 4) is 0 Å². The zero-order valence-corrected chi connectivity index (χ0v) is 13.7. The minimum absolute atomic E-state index is 0.0618. The lowest BCUT2D eigenvalue weighted by Gasteiger charge is -2.33. The first-order valence-electron chi connectivity index (χ1n) is 7.86. The van der Waals surface area contributed by atoms with Crippen LogP contribution in [-0.2, 0) is 18.2 Å². The summed E-state index contributed by atoms with van der Waals surface area (Å²) >= 11 is 0. The van der Waals surface area contributed by atoms with Crippen LogP contribution < -0.4 is 10.2 Å². The summed E-state index contributed by atoms with van der Waals surface area (Å²) in [4.78, 5) is 24.6. The Hall–Kier alpha value is -2.32. The summed E-state index contributed by atoms with van der Waals surface area (Å²) in [6, 6.07) is -0.0950. The molecule has 1 aliphatic heterocycles. The van der Waals surface area contributed by atoms with E-state index in [1.165, 1.54) is 0 Å². The van der Waals surface area contributed by atoms with Crippen LogP contribution in [0.2, 0.25) is 0 Å². The first-order valence-corrected chi connectivity index (χ1v) is 7.86. The van der Waals surface area contributed by atoms with Crippen LogP contribution >= 0.6 is 0 Å². The van der Waals surface area contributed by atoms with Crippen molar-refractivity contribution < 1.29 is 14.5 Å². The maximum absolute atomic E-state index is 11.6. The highest BCUT2D eigenvalue weighted by molar-refractivity contribution is 5.68. The summed E-state index contributed by atoms with van der Waals surface area (Å²) in [5, 5.41) is 18.5. The molecule has 1 amide bonds. The number of hydrogen-bond acceptors (Lipinski definition) is 6. The summed E-state index contributed by atoms with van der Waals surface area (Å²) in [6.07, 6.45) is 1.71. The third kappa shape index (κ3) is 3.72. The Morgan fingerprint density at radius 2 is 2.26 bits per heavy atom. The van der Waals surface area contributed by atoms with E-state index in [0.717, 1.165) is 12.8 Å². The van der Waals surface area contributed by atoms with Crippen LogP contribution in [0.15, 0.2) is 0 Å². The van der Waals surface area contributed by atoms with Gasteiger partial charge >= 0.3 is 11.8 Å². The van der Waals surface area contributed by atoms with Crippen molar-refractivity contribution >= 4 is 17.6 Å². The number of nitrogens with zero attached hydrogens (tertiary/aromatic N) is 4. The lowest BCUT2D eigenvalue weighted by atomic mass is 10.1. The van der Waals surface area contributed by atoms with Gasteiger partial charge in [0.2, 0.25) is 5.82 Å². The number of alkyl carbamates (subject to hydrolysis) is 1. The van der Waals surface area contributed by atoms with Crippen LogP contribution in [-0.4, -0.2) is 46.5 Å². The average Bonchev–Trinajstić information content (AvgIpc) is 2.84. The number of piperidine rings is 1. The Labute approximate surface area is 134 Å². The number of aromatic nitrogens is 2. The van der Waals surface area contributed by atoms with Gasteiger partial charge in [-0.25, -0.2) is 9.48 Å². The van der Waals surface area contributed by atoms with Crippen LogP contribution in [0.1, 0.15) is 32.4 Å². The van der Waals surface area contributed by atoms with E-state index < -0.39 is 6.09 Å². The smallest absolute Gasteiger partial charge is 0.407 e. The quantitative estimate of drug-likeness (QED) is 0.651. The molecule has 0 aliphatic carbocycles. The minimum Gasteiger partial charge on any atom is -0.450 e. The van der Waals surface area contributed by atoms with Gasteiger partial charge in [-0.1, -0.05) is 6.92 Å². The molecule has 9 heteroatoms. The lowest BCUT2D eigenvalue weighted by Crippen LogP contribution is -2.48. The number of nitrogens with one attached hydrogen (secondary N) is 1. The first-order chi connectivity index (χ1) is 11.0. The number of rotatable bonds is 5. The molecular weight excluding hydrogens is 302 g/mol. The van der Waals surface area contributed by atoms with Crippen molar-refractivity contribution in [1.82, 2.24) is 15.1 Å². The monoisotopic (exact) mass is 325 g/mol. The van der Waals surface area contributed by atoms with Gasteiger partial charge in [-0.05, 0) is 26.2 Å². The van der Waals surface area contributed by atoms with Gasteiger partial charge in [0.15, 0.2) is 0 Å². The molecule has 0 spiro atoms. The molecule has 1 aromatic heterocycles. The number of carbonyl (C=O) groups is 1. The van der Waals surface area contributed by atoms with E-state index in [1.807, 2.05) is 11.8 Å². The molecule has 1 N–H and O–H groups in total. The number of aryl methyl sites for hydroxylation is 2. The van der Waals surface area contributed by atoms with Crippen LogP contribution in [0, 0.1) is 10.1 Å². The van der Waals surface area contributed by atoms with Crippen LogP contribution in [0.3, 0.4) is 0 Å². The predicted molar refractivity (Wildman–Crippen MR) is 84.6 cm³/mol. The Balaban J connectivity index is 2.20. The van der Waals surface area contributed by atoms with E-state index in [-0.39, 0.29) is 16.7 Å². The lowest BCUT2D eigenvalue weighted by molar-refractivity contribution is -0.384. The largest absolute Gasteiger partial charge is 0.450 e. The van der Waals surface area contributed by atoms with Crippen molar-refractivity contribution in [3.05, 3.63) is 15.8 Å². The second kappa shape index (κ2) is 7.30. The number of amides is 1.